The van der Waals surface area contributed by atoms with Gasteiger partial charge in [0.05, 0.1) is 16.3 Å². The van der Waals surface area contributed by atoms with Crippen LogP contribution in [-0.4, -0.2) is 11.9 Å². The molecule has 6 N–H and O–H groups in total. The summed E-state index contributed by atoms with van der Waals surface area (Å²) in [7, 11) is 0. The average Bonchev–Trinajstić information content (AvgIpc) is 2.18. The first-order chi connectivity index (χ1) is 8.61. The van der Waals surface area contributed by atoms with Gasteiger partial charge in [0.2, 0.25) is 5.96 Å². The van der Waals surface area contributed by atoms with Crippen molar-refractivity contribution in [3.63, 3.8) is 0 Å². The molecule has 0 heterocycles. The van der Waals surface area contributed by atoms with Crippen molar-refractivity contribution >= 4 is 45.1 Å². The van der Waals surface area contributed by atoms with Gasteiger partial charge in [0.1, 0.15) is 0 Å². The number of nitrogens with two attached hydrogens (primary N) is 3. The average molecular weight is 359 g/mol. The number of halogens is 5. The Labute approximate surface area is 119 Å². The van der Waals surface area contributed by atoms with Crippen LogP contribution in [0, 0.1) is 0 Å². The first-order valence-corrected chi connectivity index (χ1v) is 5.78. The second-order valence-corrected chi connectivity index (χ2v) is 4.61. The van der Waals surface area contributed by atoms with E-state index in [1.807, 2.05) is 0 Å². The van der Waals surface area contributed by atoms with Crippen molar-refractivity contribution in [2.45, 2.75) is 6.18 Å². The highest BCUT2D eigenvalue weighted by Gasteiger charge is 2.35. The molecule has 0 atom stereocenters. The van der Waals surface area contributed by atoms with E-state index in [2.05, 4.69) is 25.9 Å². The fraction of sp³-hybridized carbons (Fsp3) is 0.111. The van der Waals surface area contributed by atoms with Crippen LogP contribution < -0.4 is 17.2 Å². The number of alkyl halides is 3. The molecule has 1 aromatic rings. The molecule has 104 valence electrons. The molecule has 0 spiro atoms. The number of guanidine groups is 2. The van der Waals surface area contributed by atoms with E-state index >= 15 is 0 Å². The standard InChI is InChI=1S/C9H8BrClF3N5/c10-3-1-4(9(12,13)14)6(5(11)2-3)18-8(17)19-7(15)16/h1-2H,(H6,15,16,17,18,19). The zero-order valence-electron chi connectivity index (χ0n) is 9.17. The van der Waals surface area contributed by atoms with Gasteiger partial charge in [-0.15, -0.1) is 0 Å². The largest absolute Gasteiger partial charge is 0.418 e. The van der Waals surface area contributed by atoms with Crippen molar-refractivity contribution in [1.82, 2.24) is 0 Å². The molecule has 5 nitrogen and oxygen atoms in total. The quantitative estimate of drug-likeness (QED) is 0.530. The number of benzene rings is 1. The lowest BCUT2D eigenvalue weighted by atomic mass is 10.2. The Hall–Kier alpha value is -1.48. The van der Waals surface area contributed by atoms with Crippen LogP contribution in [0.1, 0.15) is 5.56 Å². The molecule has 1 aromatic carbocycles. The summed E-state index contributed by atoms with van der Waals surface area (Å²) in [5.41, 5.74) is 13.8. The van der Waals surface area contributed by atoms with Crippen LogP contribution in [-0.2, 0) is 6.18 Å². The SMILES string of the molecule is NC(N)=NC(N)=Nc1c(Cl)cc(Br)cc1C(F)(F)F. The van der Waals surface area contributed by atoms with E-state index in [0.29, 0.717) is 0 Å². The van der Waals surface area contributed by atoms with Crippen LogP contribution in [0.3, 0.4) is 0 Å². The highest BCUT2D eigenvalue weighted by Crippen LogP contribution is 2.42. The van der Waals surface area contributed by atoms with Crippen molar-refractivity contribution in [3.05, 3.63) is 27.2 Å². The smallest absolute Gasteiger partial charge is 0.370 e. The third kappa shape index (κ3) is 4.28. The van der Waals surface area contributed by atoms with Crippen molar-refractivity contribution in [1.29, 1.82) is 0 Å². The molecule has 0 radical (unpaired) electrons. The Morgan fingerprint density at radius 1 is 1.21 bits per heavy atom. The van der Waals surface area contributed by atoms with Gasteiger partial charge in [0.15, 0.2) is 5.96 Å². The van der Waals surface area contributed by atoms with Crippen LogP contribution >= 0.6 is 27.5 Å². The molecule has 0 bridgehead atoms. The summed E-state index contributed by atoms with van der Waals surface area (Å²) >= 11 is 8.63. The summed E-state index contributed by atoms with van der Waals surface area (Å²) in [5.74, 6) is -0.960. The number of rotatable bonds is 1. The molecule has 0 aliphatic heterocycles. The Bertz CT molecular complexity index is 552. The van der Waals surface area contributed by atoms with Gasteiger partial charge in [0, 0.05) is 4.47 Å². The molecule has 0 saturated carbocycles. The number of hydrogen-bond acceptors (Lipinski definition) is 1. The monoisotopic (exact) mass is 357 g/mol. The minimum absolute atomic E-state index is 0.157. The summed E-state index contributed by atoms with van der Waals surface area (Å²) in [6, 6.07) is 2.08. The molecule has 0 fully saturated rings. The maximum Gasteiger partial charge on any atom is 0.418 e. The van der Waals surface area contributed by atoms with Gasteiger partial charge in [-0.25, -0.2) is 4.99 Å². The van der Waals surface area contributed by atoms with Gasteiger partial charge in [-0.1, -0.05) is 27.5 Å². The van der Waals surface area contributed by atoms with E-state index in [1.165, 1.54) is 6.07 Å². The predicted octanol–water partition coefficient (Wildman–Crippen LogP) is 2.34. The van der Waals surface area contributed by atoms with Gasteiger partial charge in [-0.05, 0) is 12.1 Å². The molecule has 0 aliphatic rings. The van der Waals surface area contributed by atoms with Crippen LogP contribution in [0.25, 0.3) is 0 Å². The van der Waals surface area contributed by atoms with Gasteiger partial charge in [-0.2, -0.15) is 18.2 Å². The van der Waals surface area contributed by atoms with Gasteiger partial charge >= 0.3 is 6.18 Å². The van der Waals surface area contributed by atoms with Gasteiger partial charge in [0.25, 0.3) is 0 Å². The first kappa shape index (κ1) is 15.6. The molecule has 1 rings (SSSR count). The summed E-state index contributed by atoms with van der Waals surface area (Å²) in [6.07, 6.45) is -4.65. The summed E-state index contributed by atoms with van der Waals surface area (Å²) in [5, 5.41) is -0.240. The fourth-order valence-corrected chi connectivity index (χ4v) is 2.02. The molecule has 0 amide bonds. The number of nitrogens with zero attached hydrogens (tertiary/aromatic N) is 2. The maximum absolute atomic E-state index is 12.8. The summed E-state index contributed by atoms with van der Waals surface area (Å²) < 4.78 is 38.7. The predicted molar refractivity (Wildman–Crippen MR) is 71.2 cm³/mol. The number of aliphatic imine (C=N–C) groups is 2. The Balaban J connectivity index is 3.47. The first-order valence-electron chi connectivity index (χ1n) is 4.61. The second-order valence-electron chi connectivity index (χ2n) is 3.29. The Kier molecular flexibility index (Phi) is 4.64. The third-order valence-corrected chi connectivity index (χ3v) is 2.55. The highest BCUT2D eigenvalue weighted by atomic mass is 79.9. The molecule has 0 unspecified atom stereocenters. The minimum Gasteiger partial charge on any atom is -0.370 e. The van der Waals surface area contributed by atoms with E-state index in [1.54, 1.807) is 0 Å². The van der Waals surface area contributed by atoms with E-state index in [-0.39, 0.29) is 9.50 Å². The summed E-state index contributed by atoms with van der Waals surface area (Å²) in [4.78, 5) is 6.80. The third-order valence-electron chi connectivity index (χ3n) is 1.80. The molecule has 10 heteroatoms. The topological polar surface area (TPSA) is 103 Å². The van der Waals surface area contributed by atoms with Crippen LogP contribution in [0.15, 0.2) is 26.6 Å². The van der Waals surface area contributed by atoms with Crippen LogP contribution in [0.5, 0.6) is 0 Å². The van der Waals surface area contributed by atoms with Crippen molar-refractivity contribution in [2.24, 2.45) is 27.2 Å². The van der Waals surface area contributed by atoms with Gasteiger partial charge in [-0.3, -0.25) is 0 Å². The Morgan fingerprint density at radius 2 is 1.79 bits per heavy atom. The minimum atomic E-state index is -4.65. The lowest BCUT2D eigenvalue weighted by molar-refractivity contribution is -0.137. The van der Waals surface area contributed by atoms with Crippen molar-refractivity contribution in [3.8, 4) is 0 Å². The van der Waals surface area contributed by atoms with Crippen molar-refractivity contribution in [2.75, 3.05) is 0 Å². The van der Waals surface area contributed by atoms with Gasteiger partial charge < -0.3 is 17.2 Å². The second kappa shape index (κ2) is 5.66. The molecule has 19 heavy (non-hydrogen) atoms. The Morgan fingerprint density at radius 3 is 2.26 bits per heavy atom. The highest BCUT2D eigenvalue weighted by molar-refractivity contribution is 9.10. The van der Waals surface area contributed by atoms with E-state index in [4.69, 9.17) is 28.8 Å². The molecular weight excluding hydrogens is 350 g/mol. The molecule has 0 saturated heterocycles. The lowest BCUT2D eigenvalue weighted by Gasteiger charge is -2.12. The summed E-state index contributed by atoms with van der Waals surface area (Å²) in [6.45, 7) is 0. The maximum atomic E-state index is 12.8. The normalized spacial score (nSPS) is 12.4. The zero-order chi connectivity index (χ0) is 14.8. The van der Waals surface area contributed by atoms with Crippen molar-refractivity contribution < 1.29 is 13.2 Å². The van der Waals surface area contributed by atoms with E-state index in [9.17, 15) is 13.2 Å². The molecule has 0 aromatic heterocycles. The van der Waals surface area contributed by atoms with Crippen LogP contribution in [0.2, 0.25) is 5.02 Å². The molecule has 0 aliphatic carbocycles. The van der Waals surface area contributed by atoms with Crippen LogP contribution in [0.4, 0.5) is 18.9 Å². The van der Waals surface area contributed by atoms with E-state index in [0.717, 1.165) is 6.07 Å². The zero-order valence-corrected chi connectivity index (χ0v) is 11.5. The number of hydrogen-bond donors (Lipinski definition) is 3. The fourth-order valence-electron chi connectivity index (χ4n) is 1.17. The van der Waals surface area contributed by atoms with E-state index < -0.39 is 29.3 Å². The molecular formula is C9H8BrClF3N5. The lowest BCUT2D eigenvalue weighted by Crippen LogP contribution is -2.26.